The average Bonchev–Trinajstić information content (AvgIpc) is 2.89. The van der Waals surface area contributed by atoms with Gasteiger partial charge in [0.1, 0.15) is 12.6 Å². The second-order valence-corrected chi connectivity index (χ2v) is 12.4. The van der Waals surface area contributed by atoms with Crippen molar-refractivity contribution in [1.82, 2.24) is 10.2 Å². The predicted molar refractivity (Wildman–Crippen MR) is 157 cm³/mol. The normalized spacial score (nSPS) is 12.2. The zero-order valence-corrected chi connectivity index (χ0v) is 24.4. The monoisotopic (exact) mass is 569 g/mol. The second kappa shape index (κ2) is 13.6. The summed E-state index contributed by atoms with van der Waals surface area (Å²) in [4.78, 5) is 29.1. The molecule has 1 N–H and O–H groups in total. The lowest BCUT2D eigenvalue weighted by molar-refractivity contribution is -0.140. The van der Waals surface area contributed by atoms with Crippen LogP contribution < -0.4 is 9.62 Å². The molecule has 39 heavy (non-hydrogen) atoms. The number of nitrogens with zero attached hydrogens (tertiary/aromatic N) is 2. The Morgan fingerprint density at radius 2 is 1.51 bits per heavy atom. The van der Waals surface area contributed by atoms with E-state index in [2.05, 4.69) is 5.32 Å². The number of hydrogen-bond donors (Lipinski definition) is 1. The van der Waals surface area contributed by atoms with Crippen LogP contribution in [0.1, 0.15) is 30.5 Å². The van der Waals surface area contributed by atoms with Crippen LogP contribution in [0.15, 0.2) is 78.9 Å². The number of para-hydroxylation sites is 1. The molecule has 0 bridgehead atoms. The molecule has 0 spiro atoms. The van der Waals surface area contributed by atoms with E-state index >= 15 is 0 Å². The first-order chi connectivity index (χ1) is 18.5. The van der Waals surface area contributed by atoms with Gasteiger partial charge in [-0.15, -0.1) is 0 Å². The largest absolute Gasteiger partial charge is 0.354 e. The Balaban J connectivity index is 2.05. The van der Waals surface area contributed by atoms with Gasteiger partial charge in [-0.2, -0.15) is 0 Å². The molecular weight excluding hydrogens is 534 g/mol. The number of anilines is 1. The lowest BCUT2D eigenvalue weighted by Crippen LogP contribution is -2.53. The molecule has 2 amide bonds. The Kier molecular flexibility index (Phi) is 10.5. The minimum absolute atomic E-state index is 0.105. The molecule has 3 rings (SSSR count). The topological polar surface area (TPSA) is 86.8 Å². The highest BCUT2D eigenvalue weighted by Gasteiger charge is 2.33. The first-order valence-electron chi connectivity index (χ1n) is 12.8. The van der Waals surface area contributed by atoms with Crippen molar-refractivity contribution < 1.29 is 18.0 Å². The molecule has 3 aromatic carbocycles. The van der Waals surface area contributed by atoms with Crippen molar-refractivity contribution in [3.05, 3.63) is 101 Å². The van der Waals surface area contributed by atoms with E-state index in [4.69, 9.17) is 11.6 Å². The molecule has 7 nitrogen and oxygen atoms in total. The molecule has 1 atom stereocenters. The van der Waals surface area contributed by atoms with Crippen LogP contribution >= 0.6 is 11.6 Å². The van der Waals surface area contributed by atoms with Gasteiger partial charge in [0.15, 0.2) is 0 Å². The van der Waals surface area contributed by atoms with Crippen LogP contribution in [-0.4, -0.2) is 50.5 Å². The lowest BCUT2D eigenvalue weighted by Gasteiger charge is -2.34. The first kappa shape index (κ1) is 30.2. The molecule has 0 fully saturated rings. The van der Waals surface area contributed by atoms with Crippen molar-refractivity contribution in [3.63, 3.8) is 0 Å². The number of benzene rings is 3. The highest BCUT2D eigenvalue weighted by atomic mass is 35.5. The molecule has 0 aliphatic carbocycles. The van der Waals surface area contributed by atoms with E-state index in [0.29, 0.717) is 17.3 Å². The van der Waals surface area contributed by atoms with Gasteiger partial charge in [0.25, 0.3) is 0 Å². The minimum atomic E-state index is -3.81. The molecule has 0 saturated heterocycles. The zero-order valence-electron chi connectivity index (χ0n) is 22.8. The Bertz CT molecular complexity index is 1360. The summed E-state index contributed by atoms with van der Waals surface area (Å²) in [6.07, 6.45) is 1.35. The Labute approximate surface area is 236 Å². The number of aryl methyl sites for hydroxylation is 1. The molecule has 0 radical (unpaired) electrons. The number of carbonyl (C=O) groups excluding carboxylic acids is 2. The first-order valence-corrected chi connectivity index (χ1v) is 15.1. The van der Waals surface area contributed by atoms with Gasteiger partial charge in [-0.1, -0.05) is 86.1 Å². The smallest absolute Gasteiger partial charge is 0.244 e. The zero-order chi connectivity index (χ0) is 28.6. The van der Waals surface area contributed by atoms with E-state index in [1.165, 1.54) is 4.90 Å². The third-order valence-corrected chi connectivity index (χ3v) is 7.66. The molecule has 9 heteroatoms. The number of amides is 2. The molecule has 0 heterocycles. The van der Waals surface area contributed by atoms with Crippen molar-refractivity contribution in [2.75, 3.05) is 23.7 Å². The van der Waals surface area contributed by atoms with Gasteiger partial charge in [0.05, 0.1) is 11.9 Å². The summed E-state index contributed by atoms with van der Waals surface area (Å²) in [6.45, 7) is 5.89. The van der Waals surface area contributed by atoms with Crippen molar-refractivity contribution in [1.29, 1.82) is 0 Å². The molecule has 0 aliphatic rings. The summed E-state index contributed by atoms with van der Waals surface area (Å²) in [5.41, 5.74) is 2.79. The van der Waals surface area contributed by atoms with Gasteiger partial charge in [0, 0.05) is 24.5 Å². The van der Waals surface area contributed by atoms with E-state index < -0.39 is 28.5 Å². The highest BCUT2D eigenvalue weighted by molar-refractivity contribution is 7.92. The van der Waals surface area contributed by atoms with Gasteiger partial charge in [-0.25, -0.2) is 8.42 Å². The Hall–Kier alpha value is -3.36. The fourth-order valence-corrected chi connectivity index (χ4v) is 5.23. The SMILES string of the molecule is Cc1ccccc1N(CC(=O)N(Cc1ccc(Cl)cc1)[C@@H](Cc1ccccc1)C(=O)NCC(C)C)S(C)(=O)=O. The number of hydrogen-bond acceptors (Lipinski definition) is 4. The number of halogens is 1. The molecular formula is C30H36ClN3O4S. The van der Waals surface area contributed by atoms with Gasteiger partial charge < -0.3 is 10.2 Å². The fraction of sp³-hybridized carbons (Fsp3) is 0.333. The summed E-state index contributed by atoms with van der Waals surface area (Å²) in [7, 11) is -3.81. The van der Waals surface area contributed by atoms with E-state index in [-0.39, 0.29) is 24.8 Å². The van der Waals surface area contributed by atoms with Gasteiger partial charge >= 0.3 is 0 Å². The molecule has 208 valence electrons. The quantitative estimate of drug-likeness (QED) is 0.338. The van der Waals surface area contributed by atoms with Gasteiger partial charge in [-0.05, 0) is 47.7 Å². The number of rotatable bonds is 12. The maximum Gasteiger partial charge on any atom is 0.244 e. The van der Waals surface area contributed by atoms with E-state index in [1.54, 1.807) is 49.4 Å². The number of carbonyl (C=O) groups is 2. The summed E-state index contributed by atoms with van der Waals surface area (Å²) >= 11 is 6.09. The van der Waals surface area contributed by atoms with Crippen LogP contribution in [0.3, 0.4) is 0 Å². The van der Waals surface area contributed by atoms with E-state index in [0.717, 1.165) is 27.3 Å². The maximum atomic E-state index is 14.0. The standard InChI is InChI=1S/C30H36ClN3O4S/c1-22(2)19-32-30(36)28(18-24-11-6-5-7-12-24)33(20-25-14-16-26(31)17-15-25)29(35)21-34(39(4,37)38)27-13-9-8-10-23(27)3/h5-17,22,28H,18-21H2,1-4H3,(H,32,36)/t28-/m0/s1. The molecule has 3 aromatic rings. The van der Waals surface area contributed by atoms with Crippen LogP contribution in [0.2, 0.25) is 5.02 Å². The molecule has 0 saturated carbocycles. The fourth-order valence-electron chi connectivity index (χ4n) is 4.20. The second-order valence-electron chi connectivity index (χ2n) is 10.0. The van der Waals surface area contributed by atoms with Gasteiger partial charge in [-0.3, -0.25) is 13.9 Å². The molecule has 0 unspecified atom stereocenters. The predicted octanol–water partition coefficient (Wildman–Crippen LogP) is 4.83. The van der Waals surface area contributed by atoms with E-state index in [9.17, 15) is 18.0 Å². The third-order valence-electron chi connectivity index (χ3n) is 6.29. The summed E-state index contributed by atoms with van der Waals surface area (Å²) in [5, 5.41) is 3.52. The van der Waals surface area contributed by atoms with Crippen molar-refractivity contribution >= 4 is 39.1 Å². The van der Waals surface area contributed by atoms with Crippen LogP contribution in [0.25, 0.3) is 0 Å². The average molecular weight is 570 g/mol. The van der Waals surface area contributed by atoms with Crippen molar-refractivity contribution in [2.24, 2.45) is 5.92 Å². The van der Waals surface area contributed by atoms with Gasteiger partial charge in [0.2, 0.25) is 21.8 Å². The lowest BCUT2D eigenvalue weighted by atomic mass is 10.0. The Morgan fingerprint density at radius 1 is 0.897 bits per heavy atom. The summed E-state index contributed by atoms with van der Waals surface area (Å²) in [5.74, 6) is -0.565. The third kappa shape index (κ3) is 8.83. The van der Waals surface area contributed by atoms with Crippen molar-refractivity contribution in [2.45, 2.75) is 39.8 Å². The van der Waals surface area contributed by atoms with Crippen LogP contribution in [0.4, 0.5) is 5.69 Å². The minimum Gasteiger partial charge on any atom is -0.354 e. The molecule has 0 aromatic heterocycles. The van der Waals surface area contributed by atoms with Crippen LogP contribution in [-0.2, 0) is 32.6 Å². The highest BCUT2D eigenvalue weighted by Crippen LogP contribution is 2.23. The Morgan fingerprint density at radius 3 is 2.10 bits per heavy atom. The maximum absolute atomic E-state index is 14.0. The van der Waals surface area contributed by atoms with Crippen LogP contribution in [0, 0.1) is 12.8 Å². The summed E-state index contributed by atoms with van der Waals surface area (Å²) in [6, 6.07) is 22.6. The number of nitrogens with one attached hydrogen (secondary N) is 1. The summed E-state index contributed by atoms with van der Waals surface area (Å²) < 4.78 is 26.8. The van der Waals surface area contributed by atoms with Crippen LogP contribution in [0.5, 0.6) is 0 Å². The molecule has 0 aliphatic heterocycles. The number of sulfonamides is 1. The van der Waals surface area contributed by atoms with E-state index in [1.807, 2.05) is 50.2 Å². The van der Waals surface area contributed by atoms with Crippen molar-refractivity contribution in [3.8, 4) is 0 Å².